The van der Waals surface area contributed by atoms with Gasteiger partial charge in [-0.15, -0.1) is 0 Å². The monoisotopic (exact) mass is 476 g/mol. The number of fused-ring (bicyclic) bond motifs is 3. The van der Waals surface area contributed by atoms with Crippen molar-refractivity contribution in [1.29, 1.82) is 0 Å². The lowest BCUT2D eigenvalue weighted by Crippen LogP contribution is -2.42. The second-order valence-electron chi connectivity index (χ2n) is 8.17. The van der Waals surface area contributed by atoms with E-state index in [0.717, 1.165) is 12.8 Å². The number of nitrogens with one attached hydrogen (secondary N) is 2. The fourth-order valence-corrected chi connectivity index (χ4v) is 4.87. The maximum atomic E-state index is 14.6. The molecular weight excluding hydrogens is 454 g/mol. The Morgan fingerprint density at radius 2 is 1.91 bits per heavy atom. The van der Waals surface area contributed by atoms with E-state index in [0.29, 0.717) is 46.9 Å². The zero-order valence-corrected chi connectivity index (χ0v) is 19.0. The third-order valence-electron chi connectivity index (χ3n) is 6.01. The number of ether oxygens (including phenoxy) is 2. The van der Waals surface area contributed by atoms with Gasteiger partial charge in [0.1, 0.15) is 18.2 Å². The van der Waals surface area contributed by atoms with Crippen LogP contribution in [0.5, 0.6) is 11.5 Å². The number of hydrogen-bond acceptors (Lipinski definition) is 6. The summed E-state index contributed by atoms with van der Waals surface area (Å²) in [5.74, 6) is 1.07. The topological polar surface area (TPSA) is 68.3 Å². The summed E-state index contributed by atoms with van der Waals surface area (Å²) in [6, 6.07) is 7.77. The molecular formula is C23H23Cl2FN4O2. The van der Waals surface area contributed by atoms with Crippen LogP contribution >= 0.6 is 23.2 Å². The molecule has 5 rings (SSSR count). The minimum absolute atomic E-state index is 0.110. The van der Waals surface area contributed by atoms with E-state index in [2.05, 4.69) is 20.6 Å². The lowest BCUT2D eigenvalue weighted by atomic mass is 10.0. The largest absolute Gasteiger partial charge is 0.490 e. The van der Waals surface area contributed by atoms with Crippen LogP contribution in [0.15, 0.2) is 30.6 Å². The fraction of sp³-hybridized carbons (Fsp3) is 0.391. The molecule has 0 radical (unpaired) electrons. The van der Waals surface area contributed by atoms with Gasteiger partial charge in [0.15, 0.2) is 17.3 Å². The molecule has 168 valence electrons. The van der Waals surface area contributed by atoms with Gasteiger partial charge in [-0.05, 0) is 50.8 Å². The van der Waals surface area contributed by atoms with Crippen LogP contribution in [-0.2, 0) is 0 Å². The quantitative estimate of drug-likeness (QED) is 0.433. The maximum Gasteiger partial charge on any atom is 0.166 e. The summed E-state index contributed by atoms with van der Waals surface area (Å²) >= 11 is 11.9. The van der Waals surface area contributed by atoms with Crippen LogP contribution in [0.25, 0.3) is 10.9 Å². The van der Waals surface area contributed by atoms with Gasteiger partial charge in [-0.25, -0.2) is 14.4 Å². The van der Waals surface area contributed by atoms with Crippen molar-refractivity contribution in [3.8, 4) is 11.5 Å². The Morgan fingerprint density at radius 3 is 2.66 bits per heavy atom. The Hall–Kier alpha value is -2.35. The number of rotatable bonds is 6. The highest BCUT2D eigenvalue weighted by molar-refractivity contribution is 6.42. The van der Waals surface area contributed by atoms with E-state index in [1.165, 1.54) is 31.3 Å². The number of halogens is 3. The Morgan fingerprint density at radius 1 is 1.12 bits per heavy atom. The number of benzene rings is 2. The average molecular weight is 477 g/mol. The van der Waals surface area contributed by atoms with Gasteiger partial charge < -0.3 is 20.1 Å². The van der Waals surface area contributed by atoms with E-state index < -0.39 is 5.82 Å². The van der Waals surface area contributed by atoms with Gasteiger partial charge in [0, 0.05) is 23.5 Å². The molecule has 6 nitrogen and oxygen atoms in total. The van der Waals surface area contributed by atoms with Gasteiger partial charge in [0.05, 0.1) is 27.9 Å². The highest BCUT2D eigenvalue weighted by Crippen LogP contribution is 2.39. The predicted octanol–water partition coefficient (Wildman–Crippen LogP) is 5.88. The molecule has 3 atom stereocenters. The minimum Gasteiger partial charge on any atom is -0.490 e. The van der Waals surface area contributed by atoms with Crippen molar-refractivity contribution in [1.82, 2.24) is 15.3 Å². The molecule has 1 aromatic heterocycles. The molecule has 9 heteroatoms. The number of anilines is 2. The maximum absolute atomic E-state index is 14.6. The smallest absolute Gasteiger partial charge is 0.166 e. The summed E-state index contributed by atoms with van der Waals surface area (Å²) in [4.78, 5) is 8.69. The second kappa shape index (κ2) is 8.89. The first kappa shape index (κ1) is 21.5. The molecule has 2 saturated heterocycles. The van der Waals surface area contributed by atoms with E-state index in [1.54, 1.807) is 0 Å². The van der Waals surface area contributed by atoms with Crippen LogP contribution in [-0.4, -0.2) is 34.8 Å². The summed E-state index contributed by atoms with van der Waals surface area (Å²) in [7, 11) is 0. The van der Waals surface area contributed by atoms with Gasteiger partial charge in [0.2, 0.25) is 0 Å². The molecule has 2 aromatic carbocycles. The van der Waals surface area contributed by atoms with Crippen molar-refractivity contribution in [3.63, 3.8) is 0 Å². The van der Waals surface area contributed by atoms with E-state index in [9.17, 15) is 4.39 Å². The van der Waals surface area contributed by atoms with Gasteiger partial charge in [-0.2, -0.15) is 0 Å². The van der Waals surface area contributed by atoms with Crippen molar-refractivity contribution < 1.29 is 13.9 Å². The molecule has 2 fully saturated rings. The molecule has 2 aliphatic heterocycles. The van der Waals surface area contributed by atoms with E-state index in [-0.39, 0.29) is 21.8 Å². The van der Waals surface area contributed by atoms with Crippen molar-refractivity contribution in [3.05, 3.63) is 46.5 Å². The molecule has 3 aromatic rings. The van der Waals surface area contributed by atoms with Crippen molar-refractivity contribution in [2.24, 2.45) is 0 Å². The minimum atomic E-state index is -0.640. The van der Waals surface area contributed by atoms with Crippen LogP contribution in [0.3, 0.4) is 0 Å². The molecule has 0 saturated carbocycles. The van der Waals surface area contributed by atoms with Gasteiger partial charge in [0.25, 0.3) is 0 Å². The summed E-state index contributed by atoms with van der Waals surface area (Å²) in [5, 5.41) is 7.34. The molecule has 32 heavy (non-hydrogen) atoms. The number of nitrogens with zero attached hydrogens (tertiary/aromatic N) is 2. The zero-order valence-electron chi connectivity index (χ0n) is 17.5. The zero-order chi connectivity index (χ0) is 22.2. The third-order valence-corrected chi connectivity index (χ3v) is 6.79. The number of piperidine rings is 1. The summed E-state index contributed by atoms with van der Waals surface area (Å²) < 4.78 is 26.9. The highest BCUT2D eigenvalue weighted by atomic mass is 35.5. The Balaban J connectivity index is 1.51. The van der Waals surface area contributed by atoms with Gasteiger partial charge in [-0.1, -0.05) is 23.2 Å². The standard InChI is InChI=1S/C23H23Cl2FN4O2/c1-2-31-19-10-18-15(9-20(19)32-14-7-12-3-4-13(8-14)29-12)23(28-11-27-18)30-17-6-5-16(24)21(25)22(17)26/h5-6,9-14,29H,2-4,7-8H2,1H3,(H,27,28,30)/t12-,13+,14-. The van der Waals surface area contributed by atoms with Gasteiger partial charge in [-0.3, -0.25) is 0 Å². The SMILES string of the molecule is CCOc1cc2ncnc(Nc3ccc(Cl)c(Cl)c3F)c2cc1O[C@@H]1C[C@H]2CC[C@@H](C1)N2. The summed E-state index contributed by atoms with van der Waals surface area (Å²) in [6.07, 6.45) is 5.84. The van der Waals surface area contributed by atoms with E-state index in [1.807, 2.05) is 19.1 Å². The Labute approximate surface area is 195 Å². The molecule has 0 amide bonds. The van der Waals surface area contributed by atoms with Crippen LogP contribution < -0.4 is 20.1 Å². The molecule has 2 aliphatic rings. The first-order chi connectivity index (χ1) is 15.5. The first-order valence-corrected chi connectivity index (χ1v) is 11.5. The normalized spacial score (nSPS) is 22.2. The van der Waals surface area contributed by atoms with Crippen LogP contribution in [0.1, 0.15) is 32.6 Å². The second-order valence-corrected chi connectivity index (χ2v) is 8.95. The molecule has 2 N–H and O–H groups in total. The lowest BCUT2D eigenvalue weighted by molar-refractivity contribution is 0.132. The van der Waals surface area contributed by atoms with Crippen LogP contribution in [0, 0.1) is 5.82 Å². The first-order valence-electron chi connectivity index (χ1n) is 10.8. The highest BCUT2D eigenvalue weighted by Gasteiger charge is 2.35. The molecule has 0 unspecified atom stereocenters. The lowest BCUT2D eigenvalue weighted by Gasteiger charge is -2.30. The molecule has 0 aliphatic carbocycles. The fourth-order valence-electron chi connectivity index (χ4n) is 4.55. The molecule has 3 heterocycles. The van der Waals surface area contributed by atoms with E-state index >= 15 is 0 Å². The average Bonchev–Trinajstić information content (AvgIpc) is 3.13. The third kappa shape index (κ3) is 4.17. The van der Waals surface area contributed by atoms with Crippen molar-refractivity contribution in [2.45, 2.75) is 50.8 Å². The van der Waals surface area contributed by atoms with E-state index in [4.69, 9.17) is 32.7 Å². The Bertz CT molecular complexity index is 1150. The predicted molar refractivity (Wildman–Crippen MR) is 124 cm³/mol. The van der Waals surface area contributed by atoms with Crippen LogP contribution in [0.2, 0.25) is 10.0 Å². The molecule has 0 spiro atoms. The summed E-state index contributed by atoms with van der Waals surface area (Å²) in [5.41, 5.74) is 0.829. The van der Waals surface area contributed by atoms with Crippen LogP contribution in [0.4, 0.5) is 15.9 Å². The van der Waals surface area contributed by atoms with Crippen molar-refractivity contribution in [2.75, 3.05) is 11.9 Å². The number of aromatic nitrogens is 2. The van der Waals surface area contributed by atoms with Crippen molar-refractivity contribution >= 4 is 45.6 Å². The molecule has 2 bridgehead atoms. The number of hydrogen-bond donors (Lipinski definition) is 2. The summed E-state index contributed by atoms with van der Waals surface area (Å²) in [6.45, 7) is 2.43. The van der Waals surface area contributed by atoms with Gasteiger partial charge >= 0.3 is 0 Å². The Kier molecular flexibility index (Phi) is 5.97.